The van der Waals surface area contributed by atoms with Crippen LogP contribution in [-0.2, 0) is 9.53 Å². The molecule has 0 bridgehead atoms. The van der Waals surface area contributed by atoms with Crippen LogP contribution in [-0.4, -0.2) is 56.9 Å². The maximum atomic E-state index is 13.0. The normalized spacial score (nSPS) is 19.6. The molecule has 1 aromatic rings. The fraction of sp³-hybridized carbons (Fsp3) is 0.619. The van der Waals surface area contributed by atoms with E-state index in [2.05, 4.69) is 16.0 Å². The molecule has 1 aromatic carbocycles. The van der Waals surface area contributed by atoms with Crippen LogP contribution in [0.5, 0.6) is 0 Å². The highest BCUT2D eigenvalue weighted by atomic mass is 16.5. The molecule has 4 N–H and O–H groups in total. The topological polar surface area (TPSA) is 83.9 Å². The van der Waals surface area contributed by atoms with E-state index in [0.717, 1.165) is 63.4 Å². The van der Waals surface area contributed by atoms with Gasteiger partial charge in [-0.2, -0.15) is 0 Å². The Morgan fingerprint density at radius 3 is 2.54 bits per heavy atom. The molecular weight excluding hydrogens is 356 g/mol. The van der Waals surface area contributed by atoms with E-state index in [1.54, 1.807) is 0 Å². The second-order valence-corrected chi connectivity index (χ2v) is 7.91. The van der Waals surface area contributed by atoms with E-state index in [-0.39, 0.29) is 11.9 Å². The molecule has 0 aromatic heterocycles. The summed E-state index contributed by atoms with van der Waals surface area (Å²) in [5, 5.41) is 8.98. The molecule has 1 saturated carbocycles. The van der Waals surface area contributed by atoms with Crippen LogP contribution in [0.1, 0.15) is 37.7 Å². The highest BCUT2D eigenvalue weighted by Crippen LogP contribution is 2.28. The first-order valence-electron chi connectivity index (χ1n) is 10.4. The van der Waals surface area contributed by atoms with Crippen LogP contribution >= 0.6 is 0 Å². The molecule has 0 atom stereocenters. The van der Waals surface area contributed by atoms with Crippen molar-refractivity contribution in [3.05, 3.63) is 29.8 Å². The molecule has 7 nitrogen and oxygen atoms in total. The van der Waals surface area contributed by atoms with Gasteiger partial charge < -0.3 is 25.6 Å². The monoisotopic (exact) mass is 389 g/mol. The van der Waals surface area contributed by atoms with Crippen LogP contribution in [0.15, 0.2) is 24.3 Å². The number of rotatable bonds is 6. The smallest absolute Gasteiger partial charge is 0.320 e. The van der Waals surface area contributed by atoms with Crippen LogP contribution in [0, 0.1) is 6.92 Å². The summed E-state index contributed by atoms with van der Waals surface area (Å²) in [7, 11) is 0. The van der Waals surface area contributed by atoms with Gasteiger partial charge >= 0.3 is 6.03 Å². The predicted octanol–water partition coefficient (Wildman–Crippen LogP) is 0.851. The summed E-state index contributed by atoms with van der Waals surface area (Å²) in [6.07, 6.45) is 4.38. The van der Waals surface area contributed by atoms with Crippen molar-refractivity contribution < 1.29 is 19.2 Å². The third-order valence-corrected chi connectivity index (χ3v) is 5.85. The molecule has 0 unspecified atom stereocenters. The summed E-state index contributed by atoms with van der Waals surface area (Å²) >= 11 is 0. The summed E-state index contributed by atoms with van der Waals surface area (Å²) in [4.78, 5) is 27.1. The average Bonchev–Trinajstić information content (AvgIpc) is 2.71. The van der Waals surface area contributed by atoms with Gasteiger partial charge in [-0.05, 0) is 31.4 Å². The molecule has 1 aliphatic carbocycles. The standard InChI is InChI=1S/C21H32N4O3/c1-17-7-3-4-8-18(17)23-20(27)24-21(9-5-2-6-10-21)19(26)22-11-12-25-13-15-28-16-14-25/h3-4,7-8H,2,5-6,9-16H2,1H3,(H,22,26)(H2,23,24,27)/p+1. The SMILES string of the molecule is Cc1ccccc1NC(=O)NC1(C(=O)NCC[NH+]2CCOCC2)CCCCC1. The Kier molecular flexibility index (Phi) is 7.28. The number of aryl methyl sites for hydroxylation is 1. The lowest BCUT2D eigenvalue weighted by atomic mass is 9.81. The molecule has 0 spiro atoms. The van der Waals surface area contributed by atoms with Gasteiger partial charge in [-0.15, -0.1) is 0 Å². The Hall–Kier alpha value is -2.12. The van der Waals surface area contributed by atoms with Crippen molar-refractivity contribution in [1.29, 1.82) is 0 Å². The van der Waals surface area contributed by atoms with Gasteiger partial charge in [-0.25, -0.2) is 4.79 Å². The number of para-hydroxylation sites is 1. The lowest BCUT2D eigenvalue weighted by Gasteiger charge is -2.36. The summed E-state index contributed by atoms with van der Waals surface area (Å²) in [5.41, 5.74) is 0.946. The molecule has 2 fully saturated rings. The molecule has 0 radical (unpaired) electrons. The van der Waals surface area contributed by atoms with E-state index in [1.165, 1.54) is 4.90 Å². The van der Waals surface area contributed by atoms with Gasteiger partial charge in [-0.3, -0.25) is 4.79 Å². The number of ether oxygens (including phenoxy) is 1. The van der Waals surface area contributed by atoms with E-state index < -0.39 is 5.54 Å². The summed E-state index contributed by atoms with van der Waals surface area (Å²) in [5.74, 6) is -0.0557. The number of hydrogen-bond donors (Lipinski definition) is 4. The van der Waals surface area contributed by atoms with Crippen molar-refractivity contribution in [2.75, 3.05) is 44.7 Å². The number of morpholine rings is 1. The van der Waals surface area contributed by atoms with Crippen molar-refractivity contribution in [3.63, 3.8) is 0 Å². The molecule has 1 heterocycles. The van der Waals surface area contributed by atoms with E-state index in [0.29, 0.717) is 19.4 Å². The minimum absolute atomic E-state index is 0.0557. The molecule has 154 valence electrons. The maximum Gasteiger partial charge on any atom is 0.320 e. The van der Waals surface area contributed by atoms with Crippen molar-refractivity contribution in [2.24, 2.45) is 0 Å². The first-order valence-corrected chi connectivity index (χ1v) is 10.4. The number of carbonyl (C=O) groups is 2. The van der Waals surface area contributed by atoms with Gasteiger partial charge in [0.05, 0.1) is 26.3 Å². The summed E-state index contributed by atoms with van der Waals surface area (Å²) in [6.45, 7) is 7.00. The summed E-state index contributed by atoms with van der Waals surface area (Å²) < 4.78 is 5.38. The van der Waals surface area contributed by atoms with Gasteiger partial charge in [0, 0.05) is 5.69 Å². The number of nitrogens with one attached hydrogen (secondary N) is 4. The van der Waals surface area contributed by atoms with Gasteiger partial charge in [0.1, 0.15) is 18.6 Å². The van der Waals surface area contributed by atoms with Gasteiger partial charge in [-0.1, -0.05) is 37.5 Å². The zero-order valence-corrected chi connectivity index (χ0v) is 16.8. The zero-order chi connectivity index (χ0) is 19.8. The van der Waals surface area contributed by atoms with E-state index in [4.69, 9.17) is 4.74 Å². The van der Waals surface area contributed by atoms with Crippen molar-refractivity contribution in [3.8, 4) is 0 Å². The number of anilines is 1. The number of urea groups is 1. The van der Waals surface area contributed by atoms with E-state index >= 15 is 0 Å². The van der Waals surface area contributed by atoms with Gasteiger partial charge in [0.15, 0.2) is 0 Å². The minimum atomic E-state index is -0.814. The third kappa shape index (κ3) is 5.45. The number of hydrogen-bond acceptors (Lipinski definition) is 3. The Morgan fingerprint density at radius 2 is 1.82 bits per heavy atom. The number of carbonyl (C=O) groups excluding carboxylic acids is 2. The first-order chi connectivity index (χ1) is 13.6. The zero-order valence-electron chi connectivity index (χ0n) is 16.8. The Morgan fingerprint density at radius 1 is 1.11 bits per heavy atom. The lowest BCUT2D eigenvalue weighted by Crippen LogP contribution is -3.14. The van der Waals surface area contributed by atoms with Crippen LogP contribution in [0.3, 0.4) is 0 Å². The molecule has 1 saturated heterocycles. The van der Waals surface area contributed by atoms with Crippen LogP contribution in [0.4, 0.5) is 10.5 Å². The number of amides is 3. The van der Waals surface area contributed by atoms with E-state index in [9.17, 15) is 9.59 Å². The Bertz CT molecular complexity index is 667. The molecule has 2 aliphatic rings. The molecule has 28 heavy (non-hydrogen) atoms. The van der Waals surface area contributed by atoms with Crippen molar-refractivity contribution >= 4 is 17.6 Å². The van der Waals surface area contributed by atoms with Crippen LogP contribution in [0.25, 0.3) is 0 Å². The second-order valence-electron chi connectivity index (χ2n) is 7.91. The summed E-state index contributed by atoms with van der Waals surface area (Å²) in [6, 6.07) is 7.33. The second kappa shape index (κ2) is 9.89. The van der Waals surface area contributed by atoms with E-state index in [1.807, 2.05) is 31.2 Å². The Balaban J connectivity index is 1.56. The molecule has 1 aliphatic heterocycles. The predicted molar refractivity (Wildman–Crippen MR) is 109 cm³/mol. The van der Waals surface area contributed by atoms with Crippen LogP contribution in [0.2, 0.25) is 0 Å². The highest BCUT2D eigenvalue weighted by molar-refractivity contribution is 5.96. The van der Waals surface area contributed by atoms with Crippen LogP contribution < -0.4 is 20.9 Å². The largest absolute Gasteiger partial charge is 0.370 e. The number of quaternary nitrogens is 1. The quantitative estimate of drug-likeness (QED) is 0.582. The fourth-order valence-electron chi connectivity index (χ4n) is 4.08. The lowest BCUT2D eigenvalue weighted by molar-refractivity contribution is -0.906. The third-order valence-electron chi connectivity index (χ3n) is 5.85. The van der Waals surface area contributed by atoms with Crippen molar-refractivity contribution in [2.45, 2.75) is 44.6 Å². The van der Waals surface area contributed by atoms with Gasteiger partial charge in [0.25, 0.3) is 0 Å². The Labute approximate surface area is 167 Å². The average molecular weight is 390 g/mol. The number of benzene rings is 1. The molecule has 3 rings (SSSR count). The molecular formula is C21H33N4O3+. The highest BCUT2D eigenvalue weighted by Gasteiger charge is 2.40. The molecule has 3 amide bonds. The van der Waals surface area contributed by atoms with Gasteiger partial charge in [0.2, 0.25) is 5.91 Å². The first kappa shape index (κ1) is 20.6. The molecule has 7 heteroatoms. The minimum Gasteiger partial charge on any atom is -0.370 e. The fourth-order valence-corrected chi connectivity index (χ4v) is 4.08. The maximum absolute atomic E-state index is 13.0. The van der Waals surface area contributed by atoms with Crippen molar-refractivity contribution in [1.82, 2.24) is 10.6 Å².